The Bertz CT molecular complexity index is 1350. The summed E-state index contributed by atoms with van der Waals surface area (Å²) in [7, 11) is 0. The van der Waals surface area contributed by atoms with Gasteiger partial charge in [0.05, 0.1) is 28.7 Å². The van der Waals surface area contributed by atoms with Crippen LogP contribution in [0.4, 0.5) is 22.1 Å². The predicted octanol–water partition coefficient (Wildman–Crippen LogP) is 4.18. The Morgan fingerprint density at radius 2 is 1.97 bits per heavy atom. The fourth-order valence-electron chi connectivity index (χ4n) is 4.30. The molecule has 0 bridgehead atoms. The number of hydrogen-bond donors (Lipinski definition) is 3. The normalized spacial score (nSPS) is 16.8. The number of carbonyl (C=O) groups is 3. The highest BCUT2D eigenvalue weighted by atomic mass is 32.1. The van der Waals surface area contributed by atoms with Crippen LogP contribution in [0.15, 0.2) is 41.9 Å². The maximum atomic E-state index is 13.0. The second-order valence-electron chi connectivity index (χ2n) is 10.0. The Morgan fingerprint density at radius 3 is 2.73 bits per heavy atom. The smallest absolute Gasteiger partial charge is 0.407 e. The van der Waals surface area contributed by atoms with E-state index in [4.69, 9.17) is 4.74 Å². The molecule has 192 valence electrons. The van der Waals surface area contributed by atoms with Gasteiger partial charge in [0.1, 0.15) is 5.60 Å². The van der Waals surface area contributed by atoms with E-state index in [1.807, 2.05) is 32.2 Å². The largest absolute Gasteiger partial charge is 0.444 e. The van der Waals surface area contributed by atoms with Crippen molar-refractivity contribution in [2.75, 3.05) is 23.7 Å². The second-order valence-corrected chi connectivity index (χ2v) is 11.0. The van der Waals surface area contributed by atoms with E-state index < -0.39 is 11.7 Å². The molecule has 3 aromatic rings. The highest BCUT2D eigenvalue weighted by molar-refractivity contribution is 7.14. The number of carbonyl (C=O) groups excluding carboxylic acids is 3. The van der Waals surface area contributed by atoms with E-state index in [1.54, 1.807) is 35.4 Å². The lowest BCUT2D eigenvalue weighted by Gasteiger charge is -2.22. The minimum Gasteiger partial charge on any atom is -0.444 e. The van der Waals surface area contributed by atoms with Crippen molar-refractivity contribution in [2.24, 2.45) is 0 Å². The molecule has 4 heterocycles. The van der Waals surface area contributed by atoms with E-state index in [0.29, 0.717) is 31.0 Å². The van der Waals surface area contributed by atoms with Crippen LogP contribution in [0.25, 0.3) is 10.6 Å². The first-order chi connectivity index (χ1) is 17.6. The molecule has 2 aliphatic rings. The number of aromatic nitrogens is 2. The Hall–Kier alpha value is -3.99. The molecule has 0 spiro atoms. The zero-order valence-electron chi connectivity index (χ0n) is 20.8. The Morgan fingerprint density at radius 1 is 1.19 bits per heavy atom. The number of amides is 3. The molecule has 1 atom stereocenters. The number of anilines is 3. The summed E-state index contributed by atoms with van der Waals surface area (Å²) in [4.78, 5) is 48.8. The number of thiophene rings is 1. The number of benzene rings is 1. The molecule has 10 nitrogen and oxygen atoms in total. The first kappa shape index (κ1) is 24.7. The van der Waals surface area contributed by atoms with Gasteiger partial charge in [0, 0.05) is 36.1 Å². The highest BCUT2D eigenvalue weighted by Crippen LogP contribution is 2.37. The predicted molar refractivity (Wildman–Crippen MR) is 141 cm³/mol. The van der Waals surface area contributed by atoms with E-state index in [0.717, 1.165) is 27.5 Å². The number of nitrogens with zero attached hydrogens (tertiary/aromatic N) is 3. The zero-order valence-corrected chi connectivity index (χ0v) is 21.6. The molecule has 3 N–H and O–H groups in total. The molecule has 5 rings (SSSR count). The summed E-state index contributed by atoms with van der Waals surface area (Å²) in [5, 5.41) is 10.8. The molecular formula is C26H28N6O4S. The van der Waals surface area contributed by atoms with Gasteiger partial charge in [0.25, 0.3) is 5.91 Å². The second kappa shape index (κ2) is 9.81. The third kappa shape index (κ3) is 5.72. The van der Waals surface area contributed by atoms with Crippen LogP contribution in [0.5, 0.6) is 0 Å². The Kier molecular flexibility index (Phi) is 6.55. The van der Waals surface area contributed by atoms with E-state index in [1.165, 1.54) is 11.3 Å². The third-order valence-corrected chi connectivity index (χ3v) is 6.88. The molecule has 11 heteroatoms. The summed E-state index contributed by atoms with van der Waals surface area (Å²) in [5.41, 5.74) is 2.98. The summed E-state index contributed by atoms with van der Waals surface area (Å²) in [6.07, 6.45) is 2.10. The molecule has 37 heavy (non-hydrogen) atoms. The average Bonchev–Trinajstić information content (AvgIpc) is 3.46. The number of alkyl carbamates (subject to hydrolysis) is 1. The highest BCUT2D eigenvalue weighted by Gasteiger charge is 2.29. The maximum absolute atomic E-state index is 13.0. The minimum absolute atomic E-state index is 0.0899. The van der Waals surface area contributed by atoms with Crippen molar-refractivity contribution in [3.63, 3.8) is 0 Å². The van der Waals surface area contributed by atoms with E-state index in [-0.39, 0.29) is 24.3 Å². The van der Waals surface area contributed by atoms with Crippen molar-refractivity contribution in [3.05, 3.63) is 53.0 Å². The molecular weight excluding hydrogens is 492 g/mol. The molecule has 3 amide bonds. The van der Waals surface area contributed by atoms with Crippen LogP contribution in [-0.2, 0) is 16.0 Å². The van der Waals surface area contributed by atoms with Crippen molar-refractivity contribution in [2.45, 2.75) is 45.3 Å². The molecule has 2 aromatic heterocycles. The van der Waals surface area contributed by atoms with Crippen molar-refractivity contribution >= 4 is 46.6 Å². The lowest BCUT2D eigenvalue weighted by molar-refractivity contribution is -0.115. The molecule has 1 unspecified atom stereocenters. The molecule has 1 saturated heterocycles. The van der Waals surface area contributed by atoms with Gasteiger partial charge in [-0.05, 0) is 62.9 Å². The van der Waals surface area contributed by atoms with Crippen molar-refractivity contribution in [1.29, 1.82) is 0 Å². The van der Waals surface area contributed by atoms with Crippen molar-refractivity contribution in [3.8, 4) is 10.6 Å². The monoisotopic (exact) mass is 520 g/mol. The number of nitrogens with one attached hydrogen (secondary N) is 3. The summed E-state index contributed by atoms with van der Waals surface area (Å²) < 4.78 is 5.31. The van der Waals surface area contributed by atoms with Crippen LogP contribution in [0.2, 0.25) is 0 Å². The molecule has 1 fully saturated rings. The van der Waals surface area contributed by atoms with Gasteiger partial charge in [-0.2, -0.15) is 0 Å². The number of fused-ring (bicyclic) bond motifs is 3. The molecule has 0 saturated carbocycles. The van der Waals surface area contributed by atoms with E-state index in [2.05, 4.69) is 25.9 Å². The summed E-state index contributed by atoms with van der Waals surface area (Å²) in [5.74, 6) is 0.221. The van der Waals surface area contributed by atoms with Crippen LogP contribution >= 0.6 is 11.3 Å². The molecule has 0 radical (unpaired) electrons. The first-order valence-electron chi connectivity index (χ1n) is 12.0. The van der Waals surface area contributed by atoms with Crippen LogP contribution in [0.1, 0.15) is 43.1 Å². The number of hydrogen-bond acceptors (Lipinski definition) is 8. The van der Waals surface area contributed by atoms with Gasteiger partial charge in [-0.25, -0.2) is 14.8 Å². The molecule has 1 aromatic carbocycles. The van der Waals surface area contributed by atoms with Gasteiger partial charge < -0.3 is 25.6 Å². The SMILES string of the molecule is CC(C)(C)OC(=O)NC1CCN(C(=O)c2ccc(Nc3ncc4c(n3)-c3sccc3NC(=O)C4)cc2)C1. The zero-order chi connectivity index (χ0) is 26.2. The fraction of sp³-hybridized carbons (Fsp3) is 0.346. The van der Waals surface area contributed by atoms with Crippen LogP contribution in [0, 0.1) is 0 Å². The molecule has 2 aliphatic heterocycles. The summed E-state index contributed by atoms with van der Waals surface area (Å²) >= 11 is 1.52. The lowest BCUT2D eigenvalue weighted by Crippen LogP contribution is -2.41. The Labute approximate surface area is 218 Å². The number of rotatable bonds is 4. The quantitative estimate of drug-likeness (QED) is 0.471. The van der Waals surface area contributed by atoms with E-state index in [9.17, 15) is 14.4 Å². The van der Waals surface area contributed by atoms with E-state index >= 15 is 0 Å². The van der Waals surface area contributed by atoms with Gasteiger partial charge in [-0.15, -0.1) is 11.3 Å². The summed E-state index contributed by atoms with van der Waals surface area (Å²) in [6.45, 7) is 6.43. The lowest BCUT2D eigenvalue weighted by atomic mass is 10.1. The van der Waals surface area contributed by atoms with Crippen LogP contribution in [-0.4, -0.2) is 57.5 Å². The third-order valence-electron chi connectivity index (χ3n) is 5.95. The van der Waals surface area contributed by atoms with Gasteiger partial charge >= 0.3 is 6.09 Å². The minimum atomic E-state index is -0.569. The van der Waals surface area contributed by atoms with Crippen LogP contribution < -0.4 is 16.0 Å². The average molecular weight is 521 g/mol. The number of likely N-dealkylation sites (tertiary alicyclic amines) is 1. The Balaban J connectivity index is 1.22. The standard InChI is InChI=1S/C26H28N6O4S/c1-26(2,3)36-25(35)29-18-8-10-32(14-18)23(34)15-4-6-17(7-5-15)28-24-27-13-16-12-20(33)30-19-9-11-37-22(19)21(16)31-24/h4-7,9,11,13,18H,8,10,12,14H2,1-3H3,(H,29,35)(H,30,33)(H,27,28,31). The van der Waals surface area contributed by atoms with Gasteiger partial charge in [0.15, 0.2) is 0 Å². The molecule has 0 aliphatic carbocycles. The van der Waals surface area contributed by atoms with Crippen LogP contribution in [0.3, 0.4) is 0 Å². The summed E-state index contributed by atoms with van der Waals surface area (Å²) in [6, 6.07) is 8.84. The van der Waals surface area contributed by atoms with Crippen molar-refractivity contribution in [1.82, 2.24) is 20.2 Å². The van der Waals surface area contributed by atoms with Gasteiger partial charge in [-0.1, -0.05) is 0 Å². The van der Waals surface area contributed by atoms with Crippen molar-refractivity contribution < 1.29 is 19.1 Å². The topological polar surface area (TPSA) is 126 Å². The first-order valence-corrected chi connectivity index (χ1v) is 12.9. The fourth-order valence-corrected chi connectivity index (χ4v) is 5.17. The van der Waals surface area contributed by atoms with Gasteiger partial charge in [0.2, 0.25) is 11.9 Å². The maximum Gasteiger partial charge on any atom is 0.407 e. The number of ether oxygens (including phenoxy) is 1. The van der Waals surface area contributed by atoms with Gasteiger partial charge in [-0.3, -0.25) is 9.59 Å².